The summed E-state index contributed by atoms with van der Waals surface area (Å²) in [4.78, 5) is 59.9. The van der Waals surface area contributed by atoms with E-state index in [4.69, 9.17) is 0 Å². The van der Waals surface area contributed by atoms with Crippen LogP contribution in [0.4, 0.5) is 20.2 Å². The minimum atomic E-state index is -1.20. The summed E-state index contributed by atoms with van der Waals surface area (Å²) in [6.07, 6.45) is 6.21. The number of imidazole rings is 1. The first kappa shape index (κ1) is 28.9. The van der Waals surface area contributed by atoms with Gasteiger partial charge in [0, 0.05) is 35.5 Å². The minimum Gasteiger partial charge on any atom is -0.345 e. The fourth-order valence-electron chi connectivity index (χ4n) is 4.94. The number of nitrogens with zero attached hydrogens (tertiary/aromatic N) is 2. The third kappa shape index (κ3) is 6.15. The van der Waals surface area contributed by atoms with Crippen molar-refractivity contribution < 1.29 is 23.2 Å². The summed E-state index contributed by atoms with van der Waals surface area (Å²) in [6.45, 7) is -0.105. The molecule has 0 bridgehead atoms. The Morgan fingerprint density at radius 2 is 1.78 bits per heavy atom. The van der Waals surface area contributed by atoms with Gasteiger partial charge >= 0.3 is 0 Å². The summed E-state index contributed by atoms with van der Waals surface area (Å²) in [5.41, 5.74) is 1.69. The number of benzene rings is 3. The molecule has 3 heterocycles. The third-order valence-electron chi connectivity index (χ3n) is 7.14. The lowest BCUT2D eigenvalue weighted by Crippen LogP contribution is -2.40. The van der Waals surface area contributed by atoms with Gasteiger partial charge in [-0.15, -0.1) is 0 Å². The molecule has 3 aromatic carbocycles. The Bertz CT molecular complexity index is 2020. The van der Waals surface area contributed by atoms with Crippen molar-refractivity contribution in [3.63, 3.8) is 0 Å². The molecule has 0 saturated carbocycles. The van der Waals surface area contributed by atoms with E-state index in [0.29, 0.717) is 39.5 Å². The number of pyridine rings is 1. The normalized spacial score (nSPS) is 13.6. The quantitative estimate of drug-likeness (QED) is 0.193. The first-order chi connectivity index (χ1) is 21.8. The zero-order valence-electron chi connectivity index (χ0n) is 23.4. The predicted molar refractivity (Wildman–Crippen MR) is 163 cm³/mol. The second kappa shape index (κ2) is 12.2. The number of hydrogen-bond acceptors (Lipinski definition) is 5. The van der Waals surface area contributed by atoms with Crippen LogP contribution in [-0.2, 0) is 16.1 Å². The lowest BCUT2D eigenvalue weighted by Gasteiger charge is -2.19. The number of carbonyl (C=O) groups excluding carboxylic acids is 3. The molecule has 10 nitrogen and oxygen atoms in total. The van der Waals surface area contributed by atoms with Gasteiger partial charge in [-0.05, 0) is 59.7 Å². The maximum Gasteiger partial charge on any atom is 0.263 e. The molecule has 0 fully saturated rings. The summed E-state index contributed by atoms with van der Waals surface area (Å²) in [5, 5.41) is 8.23. The Morgan fingerprint density at radius 3 is 2.53 bits per heavy atom. The first-order valence-corrected chi connectivity index (χ1v) is 13.7. The molecule has 0 aliphatic carbocycles. The van der Waals surface area contributed by atoms with Crippen LogP contribution in [0.15, 0.2) is 102 Å². The molecule has 1 atom stereocenters. The lowest BCUT2D eigenvalue weighted by molar-refractivity contribution is -0.118. The number of aromatic nitrogens is 3. The summed E-state index contributed by atoms with van der Waals surface area (Å²) in [6, 6.07) is 18.3. The van der Waals surface area contributed by atoms with Crippen LogP contribution in [0.1, 0.15) is 38.9 Å². The Balaban J connectivity index is 1.25. The van der Waals surface area contributed by atoms with Gasteiger partial charge in [-0.3, -0.25) is 19.2 Å². The second-order valence-electron chi connectivity index (χ2n) is 10.2. The molecule has 5 aromatic rings. The molecule has 0 saturated heterocycles. The highest BCUT2D eigenvalue weighted by Gasteiger charge is 2.28. The number of anilines is 2. The summed E-state index contributed by atoms with van der Waals surface area (Å²) in [7, 11) is 0. The van der Waals surface area contributed by atoms with Crippen LogP contribution < -0.4 is 21.5 Å². The molecule has 0 spiro atoms. The Morgan fingerprint density at radius 1 is 0.956 bits per heavy atom. The van der Waals surface area contributed by atoms with Crippen LogP contribution in [0.2, 0.25) is 0 Å². The molecule has 0 radical (unpaired) electrons. The van der Waals surface area contributed by atoms with Gasteiger partial charge in [0.1, 0.15) is 17.4 Å². The van der Waals surface area contributed by atoms with Crippen molar-refractivity contribution in [2.75, 3.05) is 10.6 Å². The summed E-state index contributed by atoms with van der Waals surface area (Å²) >= 11 is 0. The average molecular weight is 607 g/mol. The molecule has 12 heteroatoms. The highest BCUT2D eigenvalue weighted by atomic mass is 19.2. The third-order valence-corrected chi connectivity index (χ3v) is 7.14. The number of rotatable bonds is 8. The minimum absolute atomic E-state index is 0.105. The molecule has 4 N–H and O–H groups in total. The van der Waals surface area contributed by atoms with Crippen molar-refractivity contribution in [1.82, 2.24) is 19.9 Å². The lowest BCUT2D eigenvalue weighted by atomic mass is 10.0. The van der Waals surface area contributed by atoms with Crippen molar-refractivity contribution >= 4 is 40.7 Å². The van der Waals surface area contributed by atoms with Crippen molar-refractivity contribution in [2.45, 2.75) is 12.6 Å². The topological polar surface area (TPSA) is 138 Å². The summed E-state index contributed by atoms with van der Waals surface area (Å²) < 4.78 is 28.3. The number of fused-ring (bicyclic) bond motifs is 1. The van der Waals surface area contributed by atoms with Crippen LogP contribution in [0.5, 0.6) is 0 Å². The SMILES string of the molecule is O=C1Nc2ccc(NC(=O)[C@H](NC(=O)c3cccn(Cc4ccc(F)c(F)c4)c3=O)c3ccccc3)cc2C1=Cc1ncc[nH]1. The number of halogens is 2. The van der Waals surface area contributed by atoms with Gasteiger partial charge in [0.05, 0.1) is 12.1 Å². The van der Waals surface area contributed by atoms with Gasteiger partial charge in [0.15, 0.2) is 11.6 Å². The molecule has 3 amide bonds. The number of carbonyl (C=O) groups is 3. The Hall–Kier alpha value is -6.17. The molecule has 6 rings (SSSR count). The Kier molecular flexibility index (Phi) is 7.85. The number of amides is 3. The van der Waals surface area contributed by atoms with Gasteiger partial charge in [-0.2, -0.15) is 0 Å². The van der Waals surface area contributed by atoms with Gasteiger partial charge in [-0.1, -0.05) is 36.4 Å². The van der Waals surface area contributed by atoms with Crippen molar-refractivity contribution in [3.05, 3.63) is 148 Å². The molecule has 1 aliphatic heterocycles. The van der Waals surface area contributed by atoms with Gasteiger partial charge in [-0.25, -0.2) is 13.8 Å². The van der Waals surface area contributed by atoms with Crippen molar-refractivity contribution in [3.8, 4) is 0 Å². The van der Waals surface area contributed by atoms with Crippen LogP contribution in [0, 0.1) is 11.6 Å². The van der Waals surface area contributed by atoms with E-state index >= 15 is 0 Å². The van der Waals surface area contributed by atoms with E-state index in [0.717, 1.165) is 12.1 Å². The zero-order chi connectivity index (χ0) is 31.5. The van der Waals surface area contributed by atoms with E-state index in [-0.39, 0.29) is 18.0 Å². The fraction of sp³-hybridized carbons (Fsp3) is 0.0606. The highest BCUT2D eigenvalue weighted by molar-refractivity contribution is 6.35. The summed E-state index contributed by atoms with van der Waals surface area (Å²) in [5.74, 6) is -3.31. The largest absolute Gasteiger partial charge is 0.345 e. The van der Waals surface area contributed by atoms with Crippen LogP contribution in [0.3, 0.4) is 0 Å². The molecule has 2 aromatic heterocycles. The average Bonchev–Trinajstić information content (AvgIpc) is 3.66. The number of H-pyrrole nitrogens is 1. The van der Waals surface area contributed by atoms with Gasteiger partial charge < -0.3 is 25.5 Å². The van der Waals surface area contributed by atoms with Crippen LogP contribution >= 0.6 is 0 Å². The number of aromatic amines is 1. The molecule has 45 heavy (non-hydrogen) atoms. The predicted octanol–water partition coefficient (Wildman–Crippen LogP) is 4.50. The Labute approximate surface area is 254 Å². The zero-order valence-corrected chi connectivity index (χ0v) is 23.4. The number of hydrogen-bond donors (Lipinski definition) is 4. The monoisotopic (exact) mass is 606 g/mol. The smallest absolute Gasteiger partial charge is 0.263 e. The molecular formula is C33H24F2N6O4. The van der Waals surface area contributed by atoms with E-state index in [2.05, 4.69) is 25.9 Å². The van der Waals surface area contributed by atoms with Crippen molar-refractivity contribution in [2.24, 2.45) is 0 Å². The van der Waals surface area contributed by atoms with E-state index < -0.39 is 35.0 Å². The maximum absolute atomic E-state index is 13.7. The standard InChI is InChI=1S/C33H24F2N6O4/c34-25-10-8-19(15-26(25)35)18-41-14-4-7-22(33(41)45)30(42)40-29(20-5-2-1-3-6-20)32(44)38-21-9-11-27-23(16-21)24(31(43)39-27)17-28-36-12-13-37-28/h1-17,29H,18H2,(H,36,37)(H,38,44)(H,39,43)(H,40,42)/t29-/m1/s1. The molecule has 1 aliphatic rings. The van der Waals surface area contributed by atoms with E-state index in [1.165, 1.54) is 29.0 Å². The fourth-order valence-corrected chi connectivity index (χ4v) is 4.94. The highest BCUT2D eigenvalue weighted by Crippen LogP contribution is 2.35. The van der Waals surface area contributed by atoms with Crippen LogP contribution in [-0.4, -0.2) is 32.3 Å². The van der Waals surface area contributed by atoms with Gasteiger partial charge in [0.2, 0.25) is 0 Å². The second-order valence-corrected chi connectivity index (χ2v) is 10.2. The van der Waals surface area contributed by atoms with E-state index in [9.17, 15) is 28.0 Å². The molecule has 224 valence electrons. The first-order valence-electron chi connectivity index (χ1n) is 13.7. The van der Waals surface area contributed by atoms with E-state index in [1.807, 2.05) is 0 Å². The molecule has 0 unspecified atom stereocenters. The maximum atomic E-state index is 13.7. The number of nitrogens with one attached hydrogen (secondary N) is 4. The van der Waals surface area contributed by atoms with E-state index in [1.54, 1.807) is 67.0 Å². The van der Waals surface area contributed by atoms with Crippen molar-refractivity contribution in [1.29, 1.82) is 0 Å². The molecular weight excluding hydrogens is 582 g/mol. The van der Waals surface area contributed by atoms with Crippen LogP contribution in [0.25, 0.3) is 11.6 Å². The van der Waals surface area contributed by atoms with Gasteiger partial charge in [0.25, 0.3) is 23.3 Å².